The number of ether oxygens (including phenoxy) is 3. The number of aromatic nitrogens is 2. The van der Waals surface area contributed by atoms with Gasteiger partial charge in [-0.1, -0.05) is 29.0 Å². The standard InChI is InChI=1S/C24H22ClN3O4S/c1-3-31-17-6-8-18(9-7-17)32-15-21(29)28(14-16-5-4-12-26-13-16)24-27-22-20(30-2)11-10-19(25)23(22)33-24/h4-13H,3,14-15H2,1-2H3. The lowest BCUT2D eigenvalue weighted by molar-refractivity contribution is -0.120. The fourth-order valence-corrected chi connectivity index (χ4v) is 4.45. The van der Waals surface area contributed by atoms with E-state index in [1.807, 2.05) is 19.1 Å². The Kier molecular flexibility index (Phi) is 7.26. The molecule has 0 saturated heterocycles. The van der Waals surface area contributed by atoms with Crippen molar-refractivity contribution in [3.8, 4) is 17.2 Å². The Hall–Kier alpha value is -3.36. The number of nitrogens with zero attached hydrogens (tertiary/aromatic N) is 3. The Bertz CT molecular complexity index is 1230. The number of amides is 1. The first-order chi connectivity index (χ1) is 16.1. The maximum atomic E-state index is 13.3. The first kappa shape index (κ1) is 22.8. The number of hydrogen-bond acceptors (Lipinski definition) is 7. The van der Waals surface area contributed by atoms with Gasteiger partial charge in [0.25, 0.3) is 5.91 Å². The molecule has 0 N–H and O–H groups in total. The second-order valence-corrected chi connectivity index (χ2v) is 8.34. The molecule has 0 bridgehead atoms. The minimum atomic E-state index is -0.248. The maximum Gasteiger partial charge on any atom is 0.267 e. The average molecular weight is 484 g/mol. The summed E-state index contributed by atoms with van der Waals surface area (Å²) < 4.78 is 17.4. The molecule has 0 aliphatic carbocycles. The van der Waals surface area contributed by atoms with Crippen LogP contribution >= 0.6 is 22.9 Å². The highest BCUT2D eigenvalue weighted by atomic mass is 35.5. The second-order valence-electron chi connectivity index (χ2n) is 6.96. The van der Waals surface area contributed by atoms with Crippen LogP contribution in [-0.4, -0.2) is 36.2 Å². The molecule has 0 atom stereocenters. The largest absolute Gasteiger partial charge is 0.494 e. The maximum absolute atomic E-state index is 13.3. The van der Waals surface area contributed by atoms with E-state index in [2.05, 4.69) is 9.97 Å². The summed E-state index contributed by atoms with van der Waals surface area (Å²) in [4.78, 5) is 23.7. The van der Waals surface area contributed by atoms with Crippen molar-refractivity contribution in [2.75, 3.05) is 25.2 Å². The topological polar surface area (TPSA) is 73.8 Å². The molecule has 2 heterocycles. The number of halogens is 1. The lowest BCUT2D eigenvalue weighted by Crippen LogP contribution is -2.34. The van der Waals surface area contributed by atoms with Crippen LogP contribution in [0.5, 0.6) is 17.2 Å². The smallest absolute Gasteiger partial charge is 0.267 e. The number of fused-ring (bicyclic) bond motifs is 1. The van der Waals surface area contributed by atoms with Crippen molar-refractivity contribution < 1.29 is 19.0 Å². The van der Waals surface area contributed by atoms with Gasteiger partial charge in [-0.2, -0.15) is 0 Å². The lowest BCUT2D eigenvalue weighted by atomic mass is 10.2. The van der Waals surface area contributed by atoms with Gasteiger partial charge in [0.1, 0.15) is 22.8 Å². The van der Waals surface area contributed by atoms with Gasteiger partial charge < -0.3 is 14.2 Å². The highest BCUT2D eigenvalue weighted by Crippen LogP contribution is 2.39. The predicted octanol–water partition coefficient (Wildman–Crippen LogP) is 5.36. The Morgan fingerprint density at radius 3 is 2.52 bits per heavy atom. The third-order valence-electron chi connectivity index (χ3n) is 4.76. The number of rotatable bonds is 9. The SMILES string of the molecule is CCOc1ccc(OCC(=O)N(Cc2cccnc2)c2nc3c(OC)ccc(Cl)c3s2)cc1. The van der Waals surface area contributed by atoms with Crippen molar-refractivity contribution >= 4 is 44.2 Å². The van der Waals surface area contributed by atoms with Gasteiger partial charge in [-0.05, 0) is 55.0 Å². The third kappa shape index (κ3) is 5.35. The minimum absolute atomic E-state index is 0.158. The van der Waals surface area contributed by atoms with E-state index in [1.54, 1.807) is 60.8 Å². The Morgan fingerprint density at radius 2 is 1.85 bits per heavy atom. The molecule has 0 spiro atoms. The van der Waals surface area contributed by atoms with E-state index in [9.17, 15) is 4.79 Å². The summed E-state index contributed by atoms with van der Waals surface area (Å²) in [6.07, 6.45) is 3.40. The number of benzene rings is 2. The first-order valence-corrected chi connectivity index (χ1v) is 11.5. The zero-order valence-corrected chi connectivity index (χ0v) is 19.7. The van der Waals surface area contributed by atoms with Gasteiger partial charge in [0.15, 0.2) is 11.7 Å². The van der Waals surface area contributed by atoms with E-state index in [-0.39, 0.29) is 12.5 Å². The fourth-order valence-electron chi connectivity index (χ4n) is 3.18. The van der Waals surface area contributed by atoms with Crippen LogP contribution in [0.25, 0.3) is 10.2 Å². The van der Waals surface area contributed by atoms with Crippen molar-refractivity contribution in [3.63, 3.8) is 0 Å². The van der Waals surface area contributed by atoms with Crippen LogP contribution in [0.15, 0.2) is 60.9 Å². The molecule has 170 valence electrons. The van der Waals surface area contributed by atoms with Crippen molar-refractivity contribution in [3.05, 3.63) is 71.5 Å². The molecule has 7 nitrogen and oxygen atoms in total. The quantitative estimate of drug-likeness (QED) is 0.319. The van der Waals surface area contributed by atoms with Crippen LogP contribution in [0.4, 0.5) is 5.13 Å². The van der Waals surface area contributed by atoms with E-state index in [0.717, 1.165) is 16.0 Å². The van der Waals surface area contributed by atoms with Crippen molar-refractivity contribution in [1.29, 1.82) is 0 Å². The van der Waals surface area contributed by atoms with Crippen LogP contribution in [0.3, 0.4) is 0 Å². The summed E-state index contributed by atoms with van der Waals surface area (Å²) >= 11 is 7.71. The molecule has 2 aromatic carbocycles. The highest BCUT2D eigenvalue weighted by Gasteiger charge is 2.23. The van der Waals surface area contributed by atoms with Crippen molar-refractivity contribution in [2.45, 2.75) is 13.5 Å². The van der Waals surface area contributed by atoms with Crippen LogP contribution < -0.4 is 19.1 Å². The summed E-state index contributed by atoms with van der Waals surface area (Å²) in [7, 11) is 1.57. The van der Waals surface area contributed by atoms with Crippen LogP contribution in [0.1, 0.15) is 12.5 Å². The van der Waals surface area contributed by atoms with Gasteiger partial charge in [0.05, 0.1) is 30.0 Å². The van der Waals surface area contributed by atoms with Crippen LogP contribution in [0.2, 0.25) is 5.02 Å². The zero-order valence-electron chi connectivity index (χ0n) is 18.2. The van der Waals surface area contributed by atoms with E-state index < -0.39 is 0 Å². The van der Waals surface area contributed by atoms with Crippen LogP contribution in [-0.2, 0) is 11.3 Å². The molecule has 2 aromatic heterocycles. The molecule has 4 rings (SSSR count). The normalized spacial score (nSPS) is 10.8. The van der Waals surface area contributed by atoms with Gasteiger partial charge in [-0.25, -0.2) is 4.98 Å². The molecule has 0 saturated carbocycles. The Labute approximate surface area is 200 Å². The summed E-state index contributed by atoms with van der Waals surface area (Å²) in [6.45, 7) is 2.64. The monoisotopic (exact) mass is 483 g/mol. The van der Waals surface area contributed by atoms with Gasteiger partial charge in [-0.3, -0.25) is 14.7 Å². The Morgan fingerprint density at radius 1 is 1.09 bits per heavy atom. The number of methoxy groups -OCH3 is 1. The number of carbonyl (C=O) groups is 1. The van der Waals surface area contributed by atoms with E-state index in [1.165, 1.54) is 11.3 Å². The fraction of sp³-hybridized carbons (Fsp3) is 0.208. The highest BCUT2D eigenvalue weighted by molar-refractivity contribution is 7.23. The molecule has 0 unspecified atom stereocenters. The molecule has 0 radical (unpaired) electrons. The average Bonchev–Trinajstić information content (AvgIpc) is 3.29. The molecular weight excluding hydrogens is 462 g/mol. The van der Waals surface area contributed by atoms with E-state index >= 15 is 0 Å². The molecule has 9 heteroatoms. The first-order valence-electron chi connectivity index (χ1n) is 10.3. The van der Waals surface area contributed by atoms with Gasteiger partial charge in [0, 0.05) is 12.4 Å². The van der Waals surface area contributed by atoms with E-state index in [0.29, 0.717) is 40.3 Å². The summed E-state index contributed by atoms with van der Waals surface area (Å²) in [5.41, 5.74) is 1.48. The molecular formula is C24H22ClN3O4S. The number of thiazole rings is 1. The number of anilines is 1. The number of hydrogen-bond donors (Lipinski definition) is 0. The third-order valence-corrected chi connectivity index (χ3v) is 6.30. The van der Waals surface area contributed by atoms with E-state index in [4.69, 9.17) is 25.8 Å². The second kappa shape index (κ2) is 10.5. The summed E-state index contributed by atoms with van der Waals surface area (Å²) in [5.74, 6) is 1.66. The molecule has 1 amide bonds. The van der Waals surface area contributed by atoms with Gasteiger partial charge in [0.2, 0.25) is 0 Å². The minimum Gasteiger partial charge on any atom is -0.494 e. The predicted molar refractivity (Wildman–Crippen MR) is 130 cm³/mol. The lowest BCUT2D eigenvalue weighted by Gasteiger charge is -2.20. The Balaban J connectivity index is 1.60. The zero-order chi connectivity index (χ0) is 23.2. The molecule has 0 aliphatic heterocycles. The molecule has 0 aliphatic rings. The molecule has 33 heavy (non-hydrogen) atoms. The summed E-state index contributed by atoms with van der Waals surface area (Å²) in [5, 5.41) is 1.05. The van der Waals surface area contributed by atoms with Crippen LogP contribution in [0, 0.1) is 0 Å². The number of pyridine rings is 1. The number of carbonyl (C=O) groups excluding carboxylic acids is 1. The van der Waals surface area contributed by atoms with Gasteiger partial charge in [-0.15, -0.1) is 0 Å². The van der Waals surface area contributed by atoms with Crippen molar-refractivity contribution in [1.82, 2.24) is 9.97 Å². The summed E-state index contributed by atoms with van der Waals surface area (Å²) in [6, 6.07) is 14.4. The molecule has 0 fully saturated rings. The van der Waals surface area contributed by atoms with Gasteiger partial charge >= 0.3 is 0 Å². The molecule has 4 aromatic rings. The van der Waals surface area contributed by atoms with Crippen molar-refractivity contribution in [2.24, 2.45) is 0 Å².